The van der Waals surface area contributed by atoms with Crippen molar-refractivity contribution in [3.05, 3.63) is 59.7 Å². The molecule has 1 heterocycles. The number of carbonyl (C=O) groups is 3. The molecule has 2 aromatic rings. The number of methoxy groups -OCH3 is 2. The summed E-state index contributed by atoms with van der Waals surface area (Å²) in [5.74, 6) is 0.851. The normalized spacial score (nSPS) is 19.4. The highest BCUT2D eigenvalue weighted by molar-refractivity contribution is 5.97. The topological polar surface area (TPSA) is 88.2 Å². The number of amides is 3. The van der Waals surface area contributed by atoms with Crippen molar-refractivity contribution in [2.24, 2.45) is 5.92 Å². The van der Waals surface area contributed by atoms with Crippen LogP contribution in [0.3, 0.4) is 0 Å². The Balaban J connectivity index is 1.57. The Morgan fingerprint density at radius 3 is 2.43 bits per heavy atom. The molecule has 1 aliphatic carbocycles. The molecular weight excluding hydrogens is 446 g/mol. The van der Waals surface area contributed by atoms with Crippen molar-refractivity contribution in [1.29, 1.82) is 0 Å². The van der Waals surface area contributed by atoms with Gasteiger partial charge in [0.2, 0.25) is 11.8 Å². The number of hydrogen-bond donors (Lipinski definition) is 1. The van der Waals surface area contributed by atoms with E-state index in [1.165, 1.54) is 7.11 Å². The van der Waals surface area contributed by atoms with Gasteiger partial charge < -0.3 is 24.6 Å². The second kappa shape index (κ2) is 11.3. The average molecular weight is 480 g/mol. The van der Waals surface area contributed by atoms with Crippen LogP contribution < -0.4 is 14.8 Å². The van der Waals surface area contributed by atoms with E-state index in [4.69, 9.17) is 9.47 Å². The van der Waals surface area contributed by atoms with Crippen molar-refractivity contribution in [2.45, 2.75) is 31.7 Å². The fourth-order valence-electron chi connectivity index (χ4n) is 4.54. The molecule has 3 amide bonds. The van der Waals surface area contributed by atoms with Gasteiger partial charge in [0.1, 0.15) is 11.5 Å². The molecule has 4 rings (SSSR count). The summed E-state index contributed by atoms with van der Waals surface area (Å²) >= 11 is 0. The van der Waals surface area contributed by atoms with Gasteiger partial charge in [-0.1, -0.05) is 30.3 Å². The number of nitrogens with one attached hydrogen (secondary N) is 1. The fourth-order valence-corrected chi connectivity index (χ4v) is 4.54. The van der Waals surface area contributed by atoms with Crippen molar-refractivity contribution in [2.75, 3.05) is 40.4 Å². The maximum atomic E-state index is 13.4. The van der Waals surface area contributed by atoms with Gasteiger partial charge in [-0.15, -0.1) is 0 Å². The molecule has 1 unspecified atom stereocenters. The molecule has 1 saturated carbocycles. The quantitative estimate of drug-likeness (QED) is 0.712. The van der Waals surface area contributed by atoms with E-state index in [2.05, 4.69) is 5.32 Å². The standard InChI is InChI=1S/C27H33N3O5/c1-34-21-11-12-22(24(17-21)35-2)27(33)29-14-6-15-30(26(32)20-9-10-20)23(18-25(31)28-13-16-29)19-7-4-3-5-8-19/h3-5,7-8,11-12,17,20,23H,6,9-10,13-16,18H2,1-2H3,(H,28,31). The Morgan fingerprint density at radius 2 is 1.74 bits per heavy atom. The van der Waals surface area contributed by atoms with E-state index in [-0.39, 0.29) is 36.1 Å². The van der Waals surface area contributed by atoms with Crippen LogP contribution in [0.1, 0.15) is 47.6 Å². The Labute approximate surface area is 206 Å². The first-order valence-electron chi connectivity index (χ1n) is 12.1. The van der Waals surface area contributed by atoms with Crippen molar-refractivity contribution >= 4 is 17.7 Å². The molecule has 1 N–H and O–H groups in total. The maximum Gasteiger partial charge on any atom is 0.257 e. The highest BCUT2D eigenvalue weighted by Gasteiger charge is 2.37. The highest BCUT2D eigenvalue weighted by Crippen LogP contribution is 2.35. The second-order valence-corrected chi connectivity index (χ2v) is 9.00. The van der Waals surface area contributed by atoms with Crippen LogP contribution in [0, 0.1) is 5.92 Å². The van der Waals surface area contributed by atoms with Crippen LogP contribution >= 0.6 is 0 Å². The lowest BCUT2D eigenvalue weighted by molar-refractivity contribution is -0.136. The first kappa shape index (κ1) is 24.6. The Kier molecular flexibility index (Phi) is 7.90. The van der Waals surface area contributed by atoms with Gasteiger partial charge in [0.05, 0.1) is 32.2 Å². The summed E-state index contributed by atoms with van der Waals surface area (Å²) in [6.45, 7) is 1.64. The lowest BCUT2D eigenvalue weighted by atomic mass is 10.0. The molecule has 2 fully saturated rings. The molecule has 8 heteroatoms. The lowest BCUT2D eigenvalue weighted by Crippen LogP contribution is -2.39. The SMILES string of the molecule is COc1ccc(C(=O)N2CCCN(C(=O)C3CC3)C(c3ccccc3)CC(=O)NCC2)c(OC)c1. The largest absolute Gasteiger partial charge is 0.497 e. The third kappa shape index (κ3) is 5.93. The predicted molar refractivity (Wildman–Crippen MR) is 131 cm³/mol. The number of carbonyl (C=O) groups excluding carboxylic acids is 3. The van der Waals surface area contributed by atoms with Crippen LogP contribution in [-0.4, -0.2) is 67.9 Å². The molecule has 186 valence electrons. The first-order valence-corrected chi connectivity index (χ1v) is 12.1. The van der Waals surface area contributed by atoms with Gasteiger partial charge in [-0.3, -0.25) is 14.4 Å². The monoisotopic (exact) mass is 479 g/mol. The number of benzene rings is 2. The summed E-state index contributed by atoms with van der Waals surface area (Å²) in [6.07, 6.45) is 2.60. The van der Waals surface area contributed by atoms with Crippen LogP contribution in [0.15, 0.2) is 48.5 Å². The number of nitrogens with zero attached hydrogens (tertiary/aromatic N) is 2. The van der Waals surface area contributed by atoms with Gasteiger partial charge in [0.25, 0.3) is 5.91 Å². The van der Waals surface area contributed by atoms with Crippen LogP contribution in [0.25, 0.3) is 0 Å². The molecule has 0 spiro atoms. The molecule has 2 aromatic carbocycles. The van der Waals surface area contributed by atoms with E-state index in [9.17, 15) is 14.4 Å². The molecule has 1 saturated heterocycles. The van der Waals surface area contributed by atoms with Gasteiger partial charge in [-0.2, -0.15) is 0 Å². The summed E-state index contributed by atoms with van der Waals surface area (Å²) in [4.78, 5) is 43.2. The molecule has 8 nitrogen and oxygen atoms in total. The minimum absolute atomic E-state index is 0.0377. The molecule has 0 aromatic heterocycles. The van der Waals surface area contributed by atoms with Crippen molar-refractivity contribution < 1.29 is 23.9 Å². The van der Waals surface area contributed by atoms with Gasteiger partial charge in [0, 0.05) is 38.2 Å². The van der Waals surface area contributed by atoms with Crippen molar-refractivity contribution in [3.8, 4) is 11.5 Å². The maximum absolute atomic E-state index is 13.4. The van der Waals surface area contributed by atoms with Crippen LogP contribution in [0.4, 0.5) is 0 Å². The minimum atomic E-state index is -0.326. The zero-order chi connectivity index (χ0) is 24.8. The van der Waals surface area contributed by atoms with E-state index in [1.54, 1.807) is 30.2 Å². The zero-order valence-corrected chi connectivity index (χ0v) is 20.4. The number of ether oxygens (including phenoxy) is 2. The Morgan fingerprint density at radius 1 is 0.971 bits per heavy atom. The minimum Gasteiger partial charge on any atom is -0.497 e. The number of hydrogen-bond acceptors (Lipinski definition) is 5. The van der Waals surface area contributed by atoms with E-state index in [1.807, 2.05) is 35.2 Å². The highest BCUT2D eigenvalue weighted by atomic mass is 16.5. The van der Waals surface area contributed by atoms with E-state index < -0.39 is 0 Å². The molecule has 35 heavy (non-hydrogen) atoms. The summed E-state index contributed by atoms with van der Waals surface area (Å²) in [6, 6.07) is 14.5. The smallest absolute Gasteiger partial charge is 0.257 e. The molecule has 1 atom stereocenters. The fraction of sp³-hybridized carbons (Fsp3) is 0.444. The summed E-state index contributed by atoms with van der Waals surface area (Å²) in [5.41, 5.74) is 1.38. The Bertz CT molecular complexity index is 1050. The second-order valence-electron chi connectivity index (χ2n) is 9.00. The third-order valence-corrected chi connectivity index (χ3v) is 6.61. The Hall–Kier alpha value is -3.55. The molecule has 0 radical (unpaired) electrons. The van der Waals surface area contributed by atoms with Crippen molar-refractivity contribution in [1.82, 2.24) is 15.1 Å². The third-order valence-electron chi connectivity index (χ3n) is 6.61. The van der Waals surface area contributed by atoms with Gasteiger partial charge in [-0.25, -0.2) is 0 Å². The molecule has 2 aliphatic rings. The number of rotatable bonds is 5. The average Bonchev–Trinajstić information content (AvgIpc) is 3.74. The van der Waals surface area contributed by atoms with E-state index >= 15 is 0 Å². The first-order chi connectivity index (χ1) is 17.0. The van der Waals surface area contributed by atoms with E-state index in [0.29, 0.717) is 49.7 Å². The zero-order valence-electron chi connectivity index (χ0n) is 20.4. The van der Waals surface area contributed by atoms with Gasteiger partial charge in [-0.05, 0) is 37.0 Å². The predicted octanol–water partition coefficient (Wildman–Crippen LogP) is 3.04. The van der Waals surface area contributed by atoms with Crippen LogP contribution in [0.5, 0.6) is 11.5 Å². The molecular formula is C27H33N3O5. The van der Waals surface area contributed by atoms with Gasteiger partial charge >= 0.3 is 0 Å². The lowest BCUT2D eigenvalue weighted by Gasteiger charge is -2.32. The summed E-state index contributed by atoms with van der Waals surface area (Å²) in [5, 5.41) is 2.95. The van der Waals surface area contributed by atoms with Gasteiger partial charge in [0.15, 0.2) is 0 Å². The van der Waals surface area contributed by atoms with E-state index in [0.717, 1.165) is 18.4 Å². The summed E-state index contributed by atoms with van der Waals surface area (Å²) in [7, 11) is 3.08. The van der Waals surface area contributed by atoms with Crippen LogP contribution in [-0.2, 0) is 9.59 Å². The molecule has 1 aliphatic heterocycles. The molecule has 0 bridgehead atoms. The van der Waals surface area contributed by atoms with Crippen LogP contribution in [0.2, 0.25) is 0 Å². The summed E-state index contributed by atoms with van der Waals surface area (Å²) < 4.78 is 10.7. The van der Waals surface area contributed by atoms with Crippen molar-refractivity contribution in [3.63, 3.8) is 0 Å².